The van der Waals surface area contributed by atoms with Crippen molar-refractivity contribution in [3.05, 3.63) is 41.6 Å². The summed E-state index contributed by atoms with van der Waals surface area (Å²) in [6.07, 6.45) is -5.15. The zero-order valence-electron chi connectivity index (χ0n) is 10.7. The molecule has 0 aromatic heterocycles. The smallest absolute Gasteiger partial charge is 0.428 e. The van der Waals surface area contributed by atoms with Crippen molar-refractivity contribution >= 4 is 5.71 Å². The lowest BCUT2D eigenvalue weighted by Crippen LogP contribution is -2.33. The van der Waals surface area contributed by atoms with Gasteiger partial charge in [-0.25, -0.2) is 0 Å². The van der Waals surface area contributed by atoms with Crippen LogP contribution in [0.2, 0.25) is 0 Å². The fourth-order valence-corrected chi connectivity index (χ4v) is 1.79. The van der Waals surface area contributed by atoms with Crippen LogP contribution in [0.3, 0.4) is 0 Å². The molecular formula is C14H13F4NO. The molecule has 1 aliphatic heterocycles. The van der Waals surface area contributed by atoms with Crippen molar-refractivity contribution in [1.82, 2.24) is 0 Å². The lowest BCUT2D eigenvalue weighted by atomic mass is 10.0. The highest BCUT2D eigenvalue weighted by atomic mass is 19.3. The Morgan fingerprint density at radius 2 is 2.00 bits per heavy atom. The van der Waals surface area contributed by atoms with Gasteiger partial charge in [-0.3, -0.25) is 4.99 Å². The third-order valence-corrected chi connectivity index (χ3v) is 2.87. The summed E-state index contributed by atoms with van der Waals surface area (Å²) >= 11 is 0. The van der Waals surface area contributed by atoms with Crippen molar-refractivity contribution in [1.29, 1.82) is 0 Å². The predicted molar refractivity (Wildman–Crippen MR) is 67.5 cm³/mol. The number of aliphatic imine (C=N–C) groups is 1. The van der Waals surface area contributed by atoms with Crippen LogP contribution in [-0.2, 0) is 0 Å². The number of nitrogens with zero attached hydrogens (tertiary/aromatic N) is 1. The second-order valence-corrected chi connectivity index (χ2v) is 4.54. The molecule has 1 heterocycles. The Kier molecular flexibility index (Phi) is 4.11. The van der Waals surface area contributed by atoms with Gasteiger partial charge >= 0.3 is 12.5 Å². The van der Waals surface area contributed by atoms with Crippen LogP contribution in [-0.4, -0.2) is 18.2 Å². The number of halogens is 4. The van der Waals surface area contributed by atoms with Crippen molar-refractivity contribution in [2.75, 3.05) is 0 Å². The van der Waals surface area contributed by atoms with Gasteiger partial charge in [0, 0.05) is 11.9 Å². The fourth-order valence-electron chi connectivity index (χ4n) is 1.79. The highest BCUT2D eigenvalue weighted by molar-refractivity contribution is 6.01. The minimum atomic E-state index is -4.50. The Morgan fingerprint density at radius 1 is 1.25 bits per heavy atom. The van der Waals surface area contributed by atoms with Gasteiger partial charge in [0.2, 0.25) is 0 Å². The molecule has 0 spiro atoms. The Balaban J connectivity index is 2.21. The highest BCUT2D eigenvalue weighted by Gasteiger charge is 2.44. The highest BCUT2D eigenvalue weighted by Crippen LogP contribution is 2.28. The fraction of sp³-hybridized carbons (Fsp3) is 0.357. The molecule has 0 atom stereocenters. The van der Waals surface area contributed by atoms with Crippen molar-refractivity contribution in [3.8, 4) is 5.75 Å². The third-order valence-electron chi connectivity index (χ3n) is 2.87. The van der Waals surface area contributed by atoms with E-state index in [1.54, 1.807) is 12.3 Å². The van der Waals surface area contributed by atoms with E-state index < -0.39 is 12.5 Å². The van der Waals surface area contributed by atoms with Gasteiger partial charge in [-0.1, -0.05) is 17.7 Å². The number of rotatable bonds is 4. The first-order valence-electron chi connectivity index (χ1n) is 6.06. The summed E-state index contributed by atoms with van der Waals surface area (Å²) in [7, 11) is 0. The number of alkyl halides is 4. The van der Waals surface area contributed by atoms with E-state index in [1.807, 2.05) is 6.92 Å². The predicted octanol–water partition coefficient (Wildman–Crippen LogP) is 4.41. The van der Waals surface area contributed by atoms with Crippen LogP contribution in [0, 0.1) is 0 Å². The third kappa shape index (κ3) is 3.37. The van der Waals surface area contributed by atoms with Crippen molar-refractivity contribution < 1.29 is 22.3 Å². The van der Waals surface area contributed by atoms with Crippen molar-refractivity contribution in [2.24, 2.45) is 4.99 Å². The number of hydrogen-bond acceptors (Lipinski definition) is 2. The normalized spacial score (nSPS) is 15.9. The second kappa shape index (κ2) is 5.64. The van der Waals surface area contributed by atoms with Crippen LogP contribution in [0.5, 0.6) is 5.75 Å². The summed E-state index contributed by atoms with van der Waals surface area (Å²) < 4.78 is 53.9. The van der Waals surface area contributed by atoms with Crippen LogP contribution < -0.4 is 4.74 Å². The minimum Gasteiger partial charge on any atom is -0.428 e. The maximum Gasteiger partial charge on any atom is 0.461 e. The quantitative estimate of drug-likeness (QED) is 0.752. The van der Waals surface area contributed by atoms with Crippen LogP contribution in [0.4, 0.5) is 17.6 Å². The van der Waals surface area contributed by atoms with Gasteiger partial charge in [0.15, 0.2) is 0 Å². The number of hydrogen-bond donors (Lipinski definition) is 0. The molecule has 108 valence electrons. The van der Waals surface area contributed by atoms with E-state index >= 15 is 0 Å². The molecule has 0 aliphatic carbocycles. The minimum absolute atomic E-state index is 0.304. The SMILES string of the molecule is CC1=CN=C(c2cccc(OC(F)(F)C(F)F)c2)CC1. The lowest BCUT2D eigenvalue weighted by molar-refractivity contribution is -0.253. The van der Waals surface area contributed by atoms with Crippen LogP contribution in [0.15, 0.2) is 41.0 Å². The first-order valence-corrected chi connectivity index (χ1v) is 6.06. The average molecular weight is 287 g/mol. The molecule has 0 N–H and O–H groups in total. The molecule has 6 heteroatoms. The topological polar surface area (TPSA) is 21.6 Å². The molecule has 2 rings (SSSR count). The van der Waals surface area contributed by atoms with E-state index in [2.05, 4.69) is 9.73 Å². The maximum atomic E-state index is 12.8. The Morgan fingerprint density at radius 3 is 2.60 bits per heavy atom. The molecule has 0 bridgehead atoms. The second-order valence-electron chi connectivity index (χ2n) is 4.54. The Labute approximate surface area is 113 Å². The zero-order valence-corrected chi connectivity index (χ0v) is 10.7. The van der Waals surface area contributed by atoms with Gasteiger partial charge in [-0.15, -0.1) is 0 Å². The van der Waals surface area contributed by atoms with Crippen LogP contribution in [0.1, 0.15) is 25.3 Å². The first-order chi connectivity index (χ1) is 9.38. The summed E-state index contributed by atoms with van der Waals surface area (Å²) in [5, 5.41) is 0. The standard InChI is InChI=1S/C14H13F4NO/c1-9-5-6-12(19-8-9)10-3-2-4-11(7-10)20-14(17,18)13(15)16/h2-4,7-8,13H,5-6H2,1H3. The molecule has 2 nitrogen and oxygen atoms in total. The van der Waals surface area contributed by atoms with E-state index in [1.165, 1.54) is 18.2 Å². The molecule has 1 aromatic carbocycles. The van der Waals surface area contributed by atoms with E-state index in [4.69, 9.17) is 0 Å². The van der Waals surface area contributed by atoms with E-state index in [9.17, 15) is 17.6 Å². The van der Waals surface area contributed by atoms with Gasteiger partial charge < -0.3 is 4.74 Å². The average Bonchev–Trinajstić information content (AvgIpc) is 2.39. The first kappa shape index (κ1) is 14.6. The zero-order chi connectivity index (χ0) is 14.8. The van der Waals surface area contributed by atoms with E-state index in [0.29, 0.717) is 12.0 Å². The number of ether oxygens (including phenoxy) is 1. The molecule has 0 radical (unpaired) electrons. The van der Waals surface area contributed by atoms with E-state index in [0.717, 1.165) is 17.7 Å². The van der Waals surface area contributed by atoms with Gasteiger partial charge in [0.05, 0.1) is 0 Å². The van der Waals surface area contributed by atoms with Crippen molar-refractivity contribution in [2.45, 2.75) is 32.3 Å². The molecule has 1 aromatic rings. The summed E-state index contributed by atoms with van der Waals surface area (Å²) in [6.45, 7) is 1.95. The summed E-state index contributed by atoms with van der Waals surface area (Å²) in [4.78, 5) is 4.22. The summed E-state index contributed by atoms with van der Waals surface area (Å²) in [6, 6.07) is 5.66. The van der Waals surface area contributed by atoms with Gasteiger partial charge in [0.1, 0.15) is 5.75 Å². The Bertz CT molecular complexity index is 552. The molecule has 0 saturated carbocycles. The van der Waals surface area contributed by atoms with Gasteiger partial charge in [-0.05, 0) is 37.5 Å². The van der Waals surface area contributed by atoms with Gasteiger partial charge in [0.25, 0.3) is 0 Å². The molecule has 20 heavy (non-hydrogen) atoms. The largest absolute Gasteiger partial charge is 0.461 e. The lowest BCUT2D eigenvalue weighted by Gasteiger charge is -2.18. The molecule has 0 fully saturated rings. The van der Waals surface area contributed by atoms with Crippen LogP contribution >= 0.6 is 0 Å². The number of benzene rings is 1. The maximum absolute atomic E-state index is 12.8. The summed E-state index contributed by atoms with van der Waals surface area (Å²) in [5.74, 6) is -0.304. The Hall–Kier alpha value is -1.85. The monoisotopic (exact) mass is 287 g/mol. The van der Waals surface area contributed by atoms with Crippen LogP contribution in [0.25, 0.3) is 0 Å². The molecular weight excluding hydrogens is 274 g/mol. The van der Waals surface area contributed by atoms with Gasteiger partial charge in [-0.2, -0.15) is 17.6 Å². The molecule has 0 amide bonds. The van der Waals surface area contributed by atoms with E-state index in [-0.39, 0.29) is 5.75 Å². The molecule has 0 saturated heterocycles. The molecule has 1 aliphatic rings. The number of allylic oxidation sites excluding steroid dienone is 1. The van der Waals surface area contributed by atoms with Crippen molar-refractivity contribution in [3.63, 3.8) is 0 Å². The summed E-state index contributed by atoms with van der Waals surface area (Å²) in [5.41, 5.74) is 2.45. The molecule has 0 unspecified atom stereocenters.